The van der Waals surface area contributed by atoms with E-state index in [1.165, 1.54) is 4.90 Å². The molecule has 4 nitrogen and oxygen atoms in total. The molecular formula is C12H13ClN2O2. The number of hydrogen-bond donors (Lipinski definition) is 1. The average Bonchev–Trinajstić information content (AvgIpc) is 2.32. The van der Waals surface area contributed by atoms with Gasteiger partial charge >= 0.3 is 0 Å². The van der Waals surface area contributed by atoms with Gasteiger partial charge in [-0.05, 0) is 24.6 Å². The van der Waals surface area contributed by atoms with E-state index in [2.05, 4.69) is 5.32 Å². The predicted molar refractivity (Wildman–Crippen MR) is 65.1 cm³/mol. The minimum Gasteiger partial charge on any atom is -0.353 e. The fraction of sp³-hybridized carbons (Fsp3) is 0.333. The third-order valence-electron chi connectivity index (χ3n) is 2.74. The molecule has 1 aliphatic rings. The average molecular weight is 253 g/mol. The third-order valence-corrected chi connectivity index (χ3v) is 3.15. The molecule has 0 aromatic heterocycles. The number of rotatable bonds is 1. The molecular weight excluding hydrogens is 240 g/mol. The molecule has 1 saturated heterocycles. The van der Waals surface area contributed by atoms with Gasteiger partial charge in [0.15, 0.2) is 0 Å². The van der Waals surface area contributed by atoms with Crippen LogP contribution in [-0.4, -0.2) is 36.3 Å². The summed E-state index contributed by atoms with van der Waals surface area (Å²) in [5, 5.41) is 3.25. The molecule has 1 heterocycles. The highest BCUT2D eigenvalue weighted by molar-refractivity contribution is 6.31. The van der Waals surface area contributed by atoms with Crippen molar-refractivity contribution >= 4 is 23.4 Å². The largest absolute Gasteiger partial charge is 0.353 e. The van der Waals surface area contributed by atoms with E-state index in [9.17, 15) is 9.59 Å². The Morgan fingerprint density at radius 3 is 2.88 bits per heavy atom. The molecule has 0 aliphatic carbocycles. The molecule has 1 aromatic carbocycles. The van der Waals surface area contributed by atoms with Gasteiger partial charge in [0.1, 0.15) is 0 Å². The summed E-state index contributed by atoms with van der Waals surface area (Å²) in [4.78, 5) is 24.8. The molecule has 1 N–H and O–H groups in total. The van der Waals surface area contributed by atoms with E-state index < -0.39 is 0 Å². The van der Waals surface area contributed by atoms with E-state index in [1.54, 1.807) is 18.2 Å². The number of carbonyl (C=O) groups is 2. The van der Waals surface area contributed by atoms with Gasteiger partial charge in [-0.15, -0.1) is 0 Å². The number of hydrogen-bond acceptors (Lipinski definition) is 2. The number of aryl methyl sites for hydroxylation is 1. The Kier molecular flexibility index (Phi) is 3.33. The van der Waals surface area contributed by atoms with Crippen LogP contribution in [0.15, 0.2) is 18.2 Å². The van der Waals surface area contributed by atoms with Crippen LogP contribution < -0.4 is 5.32 Å². The van der Waals surface area contributed by atoms with Crippen LogP contribution in [0, 0.1) is 6.92 Å². The Morgan fingerprint density at radius 1 is 1.47 bits per heavy atom. The number of piperazine rings is 1. The van der Waals surface area contributed by atoms with E-state index in [0.29, 0.717) is 23.7 Å². The molecule has 1 aromatic rings. The quantitative estimate of drug-likeness (QED) is 0.817. The number of halogens is 1. The Hall–Kier alpha value is -1.55. The SMILES string of the molecule is Cc1ccc(C(=O)N2CCNC(=O)C2)cc1Cl. The highest BCUT2D eigenvalue weighted by Gasteiger charge is 2.22. The Labute approximate surface area is 105 Å². The van der Waals surface area contributed by atoms with Crippen LogP contribution in [0.25, 0.3) is 0 Å². The number of benzene rings is 1. The minimum atomic E-state index is -0.151. The molecule has 0 saturated carbocycles. The molecule has 0 bridgehead atoms. The highest BCUT2D eigenvalue weighted by atomic mass is 35.5. The van der Waals surface area contributed by atoms with Crippen molar-refractivity contribution < 1.29 is 9.59 Å². The lowest BCUT2D eigenvalue weighted by Gasteiger charge is -2.26. The van der Waals surface area contributed by atoms with Gasteiger partial charge in [0.05, 0.1) is 6.54 Å². The standard InChI is InChI=1S/C12H13ClN2O2/c1-8-2-3-9(6-10(8)13)12(17)15-5-4-14-11(16)7-15/h2-3,6H,4-5,7H2,1H3,(H,14,16). The summed E-state index contributed by atoms with van der Waals surface area (Å²) in [6, 6.07) is 5.18. The molecule has 0 unspecified atom stereocenters. The number of nitrogens with one attached hydrogen (secondary N) is 1. The van der Waals surface area contributed by atoms with Crippen molar-refractivity contribution in [2.75, 3.05) is 19.6 Å². The van der Waals surface area contributed by atoms with Crippen LogP contribution in [-0.2, 0) is 4.79 Å². The summed E-state index contributed by atoms with van der Waals surface area (Å²) in [5.41, 5.74) is 1.45. The second-order valence-corrected chi connectivity index (χ2v) is 4.45. The maximum atomic E-state index is 12.1. The first kappa shape index (κ1) is 11.9. The van der Waals surface area contributed by atoms with Crippen LogP contribution in [0.2, 0.25) is 5.02 Å². The molecule has 0 atom stereocenters. The van der Waals surface area contributed by atoms with Gasteiger partial charge in [-0.25, -0.2) is 0 Å². The zero-order valence-corrected chi connectivity index (χ0v) is 10.3. The van der Waals surface area contributed by atoms with Crippen molar-refractivity contribution in [1.29, 1.82) is 0 Å². The van der Waals surface area contributed by atoms with Crippen molar-refractivity contribution in [3.63, 3.8) is 0 Å². The third kappa shape index (κ3) is 2.58. The Bertz CT molecular complexity index is 474. The molecule has 90 valence electrons. The first-order chi connectivity index (χ1) is 8.08. The summed E-state index contributed by atoms with van der Waals surface area (Å²) in [6.07, 6.45) is 0. The van der Waals surface area contributed by atoms with E-state index in [-0.39, 0.29) is 18.4 Å². The first-order valence-corrected chi connectivity index (χ1v) is 5.78. The molecule has 0 radical (unpaired) electrons. The smallest absolute Gasteiger partial charge is 0.254 e. The zero-order valence-electron chi connectivity index (χ0n) is 9.50. The fourth-order valence-corrected chi connectivity index (χ4v) is 1.90. The Balaban J connectivity index is 2.18. The van der Waals surface area contributed by atoms with Crippen molar-refractivity contribution in [3.05, 3.63) is 34.3 Å². The van der Waals surface area contributed by atoms with Crippen LogP contribution in [0.3, 0.4) is 0 Å². The monoisotopic (exact) mass is 252 g/mol. The number of nitrogens with zero attached hydrogens (tertiary/aromatic N) is 1. The lowest BCUT2D eigenvalue weighted by atomic mass is 10.1. The summed E-state index contributed by atoms with van der Waals surface area (Å²) >= 11 is 5.98. The molecule has 5 heteroatoms. The van der Waals surface area contributed by atoms with E-state index >= 15 is 0 Å². The molecule has 1 fully saturated rings. The normalized spacial score (nSPS) is 15.6. The lowest BCUT2D eigenvalue weighted by molar-refractivity contribution is -0.123. The van der Waals surface area contributed by atoms with Crippen LogP contribution in [0.1, 0.15) is 15.9 Å². The van der Waals surface area contributed by atoms with Gasteiger partial charge in [-0.3, -0.25) is 9.59 Å². The van der Waals surface area contributed by atoms with E-state index in [4.69, 9.17) is 11.6 Å². The van der Waals surface area contributed by atoms with Gasteiger partial charge in [0.2, 0.25) is 5.91 Å². The summed E-state index contributed by atoms with van der Waals surface area (Å²) in [6.45, 7) is 3.04. The second kappa shape index (κ2) is 4.75. The molecule has 17 heavy (non-hydrogen) atoms. The van der Waals surface area contributed by atoms with Crippen LogP contribution in [0.5, 0.6) is 0 Å². The van der Waals surface area contributed by atoms with Crippen molar-refractivity contribution in [3.8, 4) is 0 Å². The zero-order chi connectivity index (χ0) is 12.4. The van der Waals surface area contributed by atoms with Gasteiger partial charge in [-0.2, -0.15) is 0 Å². The summed E-state index contributed by atoms with van der Waals surface area (Å²) < 4.78 is 0. The summed E-state index contributed by atoms with van der Waals surface area (Å²) in [5.74, 6) is -0.274. The van der Waals surface area contributed by atoms with Gasteiger partial charge < -0.3 is 10.2 Å². The van der Waals surface area contributed by atoms with Crippen molar-refractivity contribution in [2.24, 2.45) is 0 Å². The number of carbonyl (C=O) groups excluding carboxylic acids is 2. The highest BCUT2D eigenvalue weighted by Crippen LogP contribution is 2.18. The maximum absolute atomic E-state index is 12.1. The first-order valence-electron chi connectivity index (χ1n) is 5.40. The maximum Gasteiger partial charge on any atom is 0.254 e. The molecule has 0 spiro atoms. The van der Waals surface area contributed by atoms with Crippen LogP contribution >= 0.6 is 11.6 Å². The fourth-order valence-electron chi connectivity index (χ4n) is 1.72. The van der Waals surface area contributed by atoms with Crippen molar-refractivity contribution in [1.82, 2.24) is 10.2 Å². The molecule has 2 rings (SSSR count). The van der Waals surface area contributed by atoms with Crippen molar-refractivity contribution in [2.45, 2.75) is 6.92 Å². The van der Waals surface area contributed by atoms with Gasteiger partial charge in [0.25, 0.3) is 5.91 Å². The lowest BCUT2D eigenvalue weighted by Crippen LogP contribution is -2.49. The topological polar surface area (TPSA) is 49.4 Å². The summed E-state index contributed by atoms with van der Waals surface area (Å²) in [7, 11) is 0. The van der Waals surface area contributed by atoms with Gasteiger partial charge in [0, 0.05) is 23.7 Å². The van der Waals surface area contributed by atoms with Gasteiger partial charge in [-0.1, -0.05) is 17.7 Å². The molecule has 1 aliphatic heterocycles. The predicted octanol–water partition coefficient (Wildman–Crippen LogP) is 1.22. The molecule has 2 amide bonds. The van der Waals surface area contributed by atoms with E-state index in [1.807, 2.05) is 6.92 Å². The number of amides is 2. The second-order valence-electron chi connectivity index (χ2n) is 4.04. The van der Waals surface area contributed by atoms with Crippen LogP contribution in [0.4, 0.5) is 0 Å². The van der Waals surface area contributed by atoms with E-state index in [0.717, 1.165) is 5.56 Å². The Morgan fingerprint density at radius 2 is 2.24 bits per heavy atom. The minimum absolute atomic E-state index is 0.115.